The summed E-state index contributed by atoms with van der Waals surface area (Å²) in [6.07, 6.45) is 1.74. The van der Waals surface area contributed by atoms with E-state index in [1.807, 2.05) is 13.0 Å². The quantitative estimate of drug-likeness (QED) is 0.606. The molecule has 0 aromatic heterocycles. The second-order valence-corrected chi connectivity index (χ2v) is 5.42. The third-order valence-corrected chi connectivity index (χ3v) is 3.28. The van der Waals surface area contributed by atoms with Crippen LogP contribution in [0.15, 0.2) is 18.2 Å². The van der Waals surface area contributed by atoms with Crippen molar-refractivity contribution < 1.29 is 4.92 Å². The maximum Gasteiger partial charge on any atom is 0.272 e. The van der Waals surface area contributed by atoms with Crippen molar-refractivity contribution in [2.45, 2.75) is 46.6 Å². The van der Waals surface area contributed by atoms with Crippen LogP contribution >= 0.6 is 0 Å². The Hall–Kier alpha value is -1.42. The number of nitro groups is 1. The summed E-state index contributed by atoms with van der Waals surface area (Å²) in [5.41, 5.74) is 2.10. The van der Waals surface area contributed by atoms with Crippen LogP contribution in [0, 0.1) is 23.0 Å². The third kappa shape index (κ3) is 4.63. The molecule has 4 nitrogen and oxygen atoms in total. The van der Waals surface area contributed by atoms with Crippen molar-refractivity contribution in [3.05, 3.63) is 39.4 Å². The second-order valence-electron chi connectivity index (χ2n) is 5.42. The van der Waals surface area contributed by atoms with Gasteiger partial charge >= 0.3 is 0 Å². The summed E-state index contributed by atoms with van der Waals surface area (Å²) in [5, 5.41) is 14.6. The number of rotatable bonds is 7. The van der Waals surface area contributed by atoms with Gasteiger partial charge in [0.1, 0.15) is 0 Å². The predicted octanol–water partition coefficient (Wildman–Crippen LogP) is 3.47. The molecule has 0 bridgehead atoms. The highest BCUT2D eigenvalue weighted by Gasteiger charge is 2.19. The van der Waals surface area contributed by atoms with Crippen LogP contribution in [0.1, 0.15) is 38.3 Å². The van der Waals surface area contributed by atoms with Crippen molar-refractivity contribution in [3.8, 4) is 0 Å². The zero-order valence-electron chi connectivity index (χ0n) is 12.3. The van der Waals surface area contributed by atoms with Crippen molar-refractivity contribution in [2.75, 3.05) is 6.54 Å². The Morgan fingerprint density at radius 1 is 1.37 bits per heavy atom. The van der Waals surface area contributed by atoms with Crippen LogP contribution in [0.3, 0.4) is 0 Å². The lowest BCUT2D eigenvalue weighted by molar-refractivity contribution is -0.385. The molecular weight excluding hydrogens is 240 g/mol. The lowest BCUT2D eigenvalue weighted by Gasteiger charge is -2.20. The lowest BCUT2D eigenvalue weighted by atomic mass is 9.94. The van der Waals surface area contributed by atoms with E-state index in [9.17, 15) is 10.1 Å². The van der Waals surface area contributed by atoms with Gasteiger partial charge in [-0.3, -0.25) is 10.1 Å². The first-order valence-corrected chi connectivity index (χ1v) is 6.92. The molecule has 0 radical (unpaired) electrons. The van der Waals surface area contributed by atoms with Crippen molar-refractivity contribution in [3.63, 3.8) is 0 Å². The molecule has 19 heavy (non-hydrogen) atoms. The van der Waals surface area contributed by atoms with Gasteiger partial charge in [0.15, 0.2) is 0 Å². The van der Waals surface area contributed by atoms with Crippen molar-refractivity contribution in [1.82, 2.24) is 5.32 Å². The van der Waals surface area contributed by atoms with E-state index < -0.39 is 0 Å². The number of nitrogens with one attached hydrogen (secondary N) is 1. The maximum atomic E-state index is 11.1. The average Bonchev–Trinajstić information content (AvgIpc) is 2.30. The summed E-state index contributed by atoms with van der Waals surface area (Å²) < 4.78 is 0. The molecule has 0 aliphatic heterocycles. The van der Waals surface area contributed by atoms with Crippen LogP contribution < -0.4 is 5.32 Å². The third-order valence-electron chi connectivity index (χ3n) is 3.28. The summed E-state index contributed by atoms with van der Waals surface area (Å²) >= 11 is 0. The molecule has 1 atom stereocenters. The minimum absolute atomic E-state index is 0.242. The minimum Gasteiger partial charge on any atom is -0.314 e. The van der Waals surface area contributed by atoms with Gasteiger partial charge in [0.05, 0.1) is 4.92 Å². The Balaban J connectivity index is 2.97. The first-order valence-electron chi connectivity index (χ1n) is 6.92. The van der Waals surface area contributed by atoms with Gasteiger partial charge in [0.2, 0.25) is 0 Å². The summed E-state index contributed by atoms with van der Waals surface area (Å²) in [6, 6.07) is 5.59. The SMILES string of the molecule is CCNC(Cc1c(C)cccc1[N+](=O)[O-])CC(C)C. The van der Waals surface area contributed by atoms with E-state index in [4.69, 9.17) is 0 Å². The summed E-state index contributed by atoms with van der Waals surface area (Å²) in [5.74, 6) is 0.576. The summed E-state index contributed by atoms with van der Waals surface area (Å²) in [6.45, 7) is 9.25. The van der Waals surface area contributed by atoms with Crippen molar-refractivity contribution in [2.24, 2.45) is 5.92 Å². The van der Waals surface area contributed by atoms with E-state index in [0.717, 1.165) is 30.5 Å². The second kappa shape index (κ2) is 7.24. The Morgan fingerprint density at radius 3 is 2.58 bits per heavy atom. The number of likely N-dealkylation sites (N-methyl/N-ethyl adjacent to an activating group) is 1. The van der Waals surface area contributed by atoms with E-state index in [-0.39, 0.29) is 10.6 Å². The topological polar surface area (TPSA) is 55.2 Å². The van der Waals surface area contributed by atoms with Gasteiger partial charge in [-0.15, -0.1) is 0 Å². The Morgan fingerprint density at radius 2 is 2.05 bits per heavy atom. The Bertz CT molecular complexity index is 430. The molecule has 0 saturated carbocycles. The molecule has 0 aliphatic rings. The van der Waals surface area contributed by atoms with Crippen LogP contribution in [-0.2, 0) is 6.42 Å². The number of nitrogens with zero attached hydrogens (tertiary/aromatic N) is 1. The minimum atomic E-state index is -0.277. The molecule has 0 amide bonds. The first-order chi connectivity index (χ1) is 8.95. The molecule has 0 saturated heterocycles. The van der Waals surface area contributed by atoms with Crippen LogP contribution in [0.25, 0.3) is 0 Å². The molecule has 4 heteroatoms. The van der Waals surface area contributed by atoms with Crippen LogP contribution in [0.4, 0.5) is 5.69 Å². The normalized spacial score (nSPS) is 12.7. The van der Waals surface area contributed by atoms with Crippen molar-refractivity contribution in [1.29, 1.82) is 0 Å². The number of hydrogen-bond donors (Lipinski definition) is 1. The van der Waals surface area contributed by atoms with E-state index >= 15 is 0 Å². The monoisotopic (exact) mass is 264 g/mol. The summed E-state index contributed by atoms with van der Waals surface area (Å²) in [7, 11) is 0. The highest BCUT2D eigenvalue weighted by Crippen LogP contribution is 2.24. The molecule has 0 spiro atoms. The van der Waals surface area contributed by atoms with Gasteiger partial charge < -0.3 is 5.32 Å². The van der Waals surface area contributed by atoms with Gasteiger partial charge in [0, 0.05) is 17.7 Å². The Labute approximate surface area is 115 Å². The van der Waals surface area contributed by atoms with Gasteiger partial charge in [-0.05, 0) is 37.8 Å². The number of nitro benzene ring substituents is 1. The molecule has 1 aromatic rings. The molecule has 0 aliphatic carbocycles. The number of aryl methyl sites for hydroxylation is 1. The Kier molecular flexibility index (Phi) is 5.96. The van der Waals surface area contributed by atoms with E-state index in [1.54, 1.807) is 12.1 Å². The average molecular weight is 264 g/mol. The molecular formula is C15H24N2O2. The van der Waals surface area contributed by atoms with Crippen LogP contribution in [-0.4, -0.2) is 17.5 Å². The molecule has 1 aromatic carbocycles. The van der Waals surface area contributed by atoms with Gasteiger partial charge in [-0.25, -0.2) is 0 Å². The van der Waals surface area contributed by atoms with E-state index in [0.29, 0.717) is 12.0 Å². The molecule has 0 fully saturated rings. The van der Waals surface area contributed by atoms with Gasteiger partial charge in [-0.2, -0.15) is 0 Å². The molecule has 1 rings (SSSR count). The standard InChI is InChI=1S/C15H24N2O2/c1-5-16-13(9-11(2)3)10-14-12(4)7-6-8-15(14)17(18)19/h6-8,11,13,16H,5,9-10H2,1-4H3. The number of benzene rings is 1. The largest absolute Gasteiger partial charge is 0.314 e. The van der Waals surface area contributed by atoms with Gasteiger partial charge in [-0.1, -0.05) is 32.9 Å². The molecule has 0 heterocycles. The van der Waals surface area contributed by atoms with Crippen LogP contribution in [0.5, 0.6) is 0 Å². The molecule has 1 N–H and O–H groups in total. The predicted molar refractivity (Wildman–Crippen MR) is 78.5 cm³/mol. The zero-order valence-corrected chi connectivity index (χ0v) is 12.3. The fourth-order valence-electron chi connectivity index (χ4n) is 2.47. The smallest absolute Gasteiger partial charge is 0.272 e. The molecule has 1 unspecified atom stereocenters. The zero-order chi connectivity index (χ0) is 14.4. The lowest BCUT2D eigenvalue weighted by Crippen LogP contribution is -2.32. The van der Waals surface area contributed by atoms with Gasteiger partial charge in [0.25, 0.3) is 5.69 Å². The van der Waals surface area contributed by atoms with E-state index in [1.165, 1.54) is 0 Å². The summed E-state index contributed by atoms with van der Waals surface area (Å²) in [4.78, 5) is 10.8. The highest BCUT2D eigenvalue weighted by atomic mass is 16.6. The fourth-order valence-corrected chi connectivity index (χ4v) is 2.47. The van der Waals surface area contributed by atoms with E-state index in [2.05, 4.69) is 26.1 Å². The number of hydrogen-bond acceptors (Lipinski definition) is 3. The first kappa shape index (κ1) is 15.6. The maximum absolute atomic E-state index is 11.1. The fraction of sp³-hybridized carbons (Fsp3) is 0.600. The highest BCUT2D eigenvalue weighted by molar-refractivity contribution is 5.45. The van der Waals surface area contributed by atoms with Crippen molar-refractivity contribution >= 4 is 5.69 Å². The molecule has 106 valence electrons. The van der Waals surface area contributed by atoms with Crippen LogP contribution in [0.2, 0.25) is 0 Å².